The third-order valence-electron chi connectivity index (χ3n) is 19.7. The number of hydrogen-bond donors (Lipinski definition) is 6. The normalized spacial score (nSPS) is 17.7. The highest BCUT2D eigenvalue weighted by Gasteiger charge is 2.30. The van der Waals surface area contributed by atoms with Crippen LogP contribution in [0.5, 0.6) is 0 Å². The van der Waals surface area contributed by atoms with Crippen molar-refractivity contribution in [2.45, 2.75) is 232 Å². The zero-order chi connectivity index (χ0) is 79.6. The molecule has 18 nitrogen and oxygen atoms in total. The molecule has 0 aliphatic heterocycles. The smallest absolute Gasteiger partial charge is 0.244 e. The summed E-state index contributed by atoms with van der Waals surface area (Å²) in [6, 6.07) is -1.98. The maximum atomic E-state index is 14.6. The SMILES string of the molecule is COCCOCCOCCC(=O)NCCCOCCOCCOCCCNC(=O)[C@@H](CCCCNC(=O)/C=C(C)/C=C/C=C(C)/C=C/C1=C(C)CCCC1(C)C)NC(=O)[C@@H](CCCCNC(=O)/C=C(C)/C=C/C=C(C)/C=C/C1=C(C)CCCC1(C)C)NC(=O)/C=C(C)/C=C/C=C(C)/C=C/C1=C(C)CCCC1(C)C. The molecule has 6 amide bonds. The van der Waals surface area contributed by atoms with Crippen LogP contribution in [-0.2, 0) is 57.2 Å². The van der Waals surface area contributed by atoms with E-state index in [-0.39, 0.29) is 65.7 Å². The Balaban J connectivity index is 1.69. The Labute approximate surface area is 651 Å². The molecular formula is C90H140N6O12. The molecule has 0 saturated carbocycles. The number of hydrogen-bond acceptors (Lipinski definition) is 12. The molecule has 0 bridgehead atoms. The van der Waals surface area contributed by atoms with Crippen molar-refractivity contribution in [3.05, 3.63) is 176 Å². The van der Waals surface area contributed by atoms with E-state index in [1.54, 1.807) is 19.3 Å². The number of ether oxygens (including phenoxy) is 6. The van der Waals surface area contributed by atoms with Gasteiger partial charge < -0.3 is 60.3 Å². The van der Waals surface area contributed by atoms with Crippen LogP contribution in [0.25, 0.3) is 0 Å². The maximum Gasteiger partial charge on any atom is 0.244 e. The van der Waals surface area contributed by atoms with Crippen LogP contribution in [-0.4, -0.2) is 153 Å². The number of carbonyl (C=O) groups excluding carboxylic acids is 6. The molecule has 3 rings (SSSR count). The number of amides is 6. The fraction of sp³-hybridized carbons (Fsp3) is 0.600. The van der Waals surface area contributed by atoms with E-state index < -0.39 is 23.9 Å². The van der Waals surface area contributed by atoms with E-state index in [2.05, 4.69) is 151 Å². The van der Waals surface area contributed by atoms with Crippen molar-refractivity contribution >= 4 is 35.4 Å². The lowest BCUT2D eigenvalue weighted by atomic mass is 9.72. The Morgan fingerprint density at radius 1 is 0.380 bits per heavy atom. The van der Waals surface area contributed by atoms with Crippen LogP contribution in [0.3, 0.4) is 0 Å². The van der Waals surface area contributed by atoms with Crippen LogP contribution in [0.4, 0.5) is 0 Å². The van der Waals surface area contributed by atoms with E-state index in [1.807, 2.05) is 75.5 Å². The lowest BCUT2D eigenvalue weighted by Gasteiger charge is -2.33. The summed E-state index contributed by atoms with van der Waals surface area (Å²) in [4.78, 5) is 80.9. The first-order chi connectivity index (χ1) is 51.5. The molecule has 2 atom stereocenters. The minimum Gasteiger partial charge on any atom is -0.382 e. The molecule has 18 heteroatoms. The molecule has 0 unspecified atom stereocenters. The predicted octanol–water partition coefficient (Wildman–Crippen LogP) is 16.3. The van der Waals surface area contributed by atoms with Crippen LogP contribution < -0.4 is 31.9 Å². The van der Waals surface area contributed by atoms with Gasteiger partial charge in [0.15, 0.2) is 0 Å². The van der Waals surface area contributed by atoms with Crippen molar-refractivity contribution in [2.75, 3.05) is 106 Å². The van der Waals surface area contributed by atoms with Crippen molar-refractivity contribution in [3.63, 3.8) is 0 Å². The lowest BCUT2D eigenvalue weighted by molar-refractivity contribution is -0.131. The second-order valence-electron chi connectivity index (χ2n) is 31.1. The molecule has 3 aliphatic rings. The fourth-order valence-electron chi connectivity index (χ4n) is 13.3. The van der Waals surface area contributed by atoms with Gasteiger partial charge in [-0.1, -0.05) is 166 Å². The number of unbranched alkanes of at least 4 members (excludes halogenated alkanes) is 2. The monoisotopic (exact) mass is 1500 g/mol. The average molecular weight is 1500 g/mol. The molecule has 0 spiro atoms. The van der Waals surface area contributed by atoms with Gasteiger partial charge >= 0.3 is 0 Å². The lowest BCUT2D eigenvalue weighted by Crippen LogP contribution is -2.53. The number of allylic oxidation sites excluding steroid dienone is 27. The largest absolute Gasteiger partial charge is 0.382 e. The number of nitrogens with one attached hydrogen (secondary N) is 6. The Morgan fingerprint density at radius 3 is 1.11 bits per heavy atom. The third kappa shape index (κ3) is 42.6. The molecule has 0 aromatic carbocycles. The van der Waals surface area contributed by atoms with E-state index in [4.69, 9.17) is 28.4 Å². The zero-order valence-electron chi connectivity index (χ0n) is 69.3. The summed E-state index contributed by atoms with van der Waals surface area (Å²) in [5.41, 5.74) is 14.5. The van der Waals surface area contributed by atoms with Crippen molar-refractivity contribution in [1.82, 2.24) is 31.9 Å². The Bertz CT molecular complexity index is 3320. The van der Waals surface area contributed by atoms with Gasteiger partial charge in [-0.15, -0.1) is 0 Å². The number of carbonyl (C=O) groups is 6. The molecule has 602 valence electrons. The third-order valence-corrected chi connectivity index (χ3v) is 19.7. The second kappa shape index (κ2) is 54.3. The van der Waals surface area contributed by atoms with Gasteiger partial charge in [0.25, 0.3) is 0 Å². The molecule has 0 fully saturated rings. The highest BCUT2D eigenvalue weighted by molar-refractivity contribution is 5.95. The molecular weight excluding hydrogens is 1360 g/mol. The standard InChI is InChI=1S/C90H140N6O12/c1-68(40-43-77-74(7)35-24-47-88(77,10)11)29-21-32-71(4)65-83(98)92-50-19-17-38-80(86(101)94-53-28-55-105-60-63-108-62-59-104-54-27-52-91-82(97)46-56-106-61-64-107-58-57-103-16)96-87(102)81(95-85(100)67-73(6)34-23-31-70(3)42-45-79-76(9)37-26-49-90(79,14)15)39-18-20-51-93-84(99)66-72(5)33-22-30-69(2)41-44-78-75(8)36-25-48-89(78,12)13/h21-23,29-34,40-45,65-67,80-81H,17-20,24-28,35-39,46-64H2,1-16H3,(H,91,97)(H,92,98)(H,93,99)(H,94,101)(H,95,100)(H,96,102)/b32-21+,33-22+,34-23+,43-40+,44-41+,45-42+,68-29+,69-30+,70-31+,71-65+,72-66+,73-67+/t80-,81-/m1/s1. The van der Waals surface area contributed by atoms with Gasteiger partial charge in [-0.2, -0.15) is 0 Å². The second-order valence-corrected chi connectivity index (χ2v) is 31.1. The summed E-state index contributed by atoms with van der Waals surface area (Å²) in [5, 5.41) is 17.7. The van der Waals surface area contributed by atoms with Gasteiger partial charge in [-0.05, 0) is 221 Å². The molecule has 0 radical (unpaired) electrons. The van der Waals surface area contributed by atoms with E-state index in [1.165, 1.54) is 71.6 Å². The summed E-state index contributed by atoms with van der Waals surface area (Å²) in [5.74, 6) is -1.91. The minimum atomic E-state index is -1.02. The van der Waals surface area contributed by atoms with Gasteiger partial charge in [-0.25, -0.2) is 0 Å². The summed E-state index contributed by atoms with van der Waals surface area (Å²) in [7, 11) is 1.62. The Kier molecular flexibility index (Phi) is 47.7. The quantitative estimate of drug-likeness (QED) is 0.0190. The van der Waals surface area contributed by atoms with Crippen LogP contribution in [0.15, 0.2) is 176 Å². The fourth-order valence-corrected chi connectivity index (χ4v) is 13.3. The van der Waals surface area contributed by atoms with Crippen molar-refractivity contribution < 1.29 is 57.2 Å². The van der Waals surface area contributed by atoms with E-state index in [9.17, 15) is 28.8 Å². The Morgan fingerprint density at radius 2 is 0.722 bits per heavy atom. The molecule has 3 aliphatic carbocycles. The zero-order valence-corrected chi connectivity index (χ0v) is 69.3. The van der Waals surface area contributed by atoms with E-state index >= 15 is 0 Å². The van der Waals surface area contributed by atoms with Gasteiger partial charge in [0.1, 0.15) is 12.1 Å². The van der Waals surface area contributed by atoms with Crippen LogP contribution >= 0.6 is 0 Å². The Hall–Kier alpha value is -7.32. The highest BCUT2D eigenvalue weighted by atomic mass is 16.5. The van der Waals surface area contributed by atoms with Crippen LogP contribution in [0.2, 0.25) is 0 Å². The van der Waals surface area contributed by atoms with Crippen LogP contribution in [0, 0.1) is 16.2 Å². The highest BCUT2D eigenvalue weighted by Crippen LogP contribution is 2.43. The maximum absolute atomic E-state index is 14.6. The number of methoxy groups -OCH3 is 1. The van der Waals surface area contributed by atoms with Crippen molar-refractivity contribution in [2.24, 2.45) is 16.2 Å². The van der Waals surface area contributed by atoms with Gasteiger partial charge in [0, 0.05) is 71.2 Å². The first kappa shape index (κ1) is 94.9. The predicted molar refractivity (Wildman–Crippen MR) is 442 cm³/mol. The first-order valence-corrected chi connectivity index (χ1v) is 39.9. The van der Waals surface area contributed by atoms with Gasteiger partial charge in [0.05, 0.1) is 59.5 Å². The van der Waals surface area contributed by atoms with Crippen LogP contribution in [0.1, 0.15) is 219 Å². The van der Waals surface area contributed by atoms with Gasteiger partial charge in [-0.3, -0.25) is 28.8 Å². The van der Waals surface area contributed by atoms with Gasteiger partial charge in [0.2, 0.25) is 35.4 Å². The molecule has 6 N–H and O–H groups in total. The molecule has 0 heterocycles. The molecule has 0 aromatic heterocycles. The average Bonchev–Trinajstić information content (AvgIpc) is 0.833. The topological polar surface area (TPSA) is 230 Å². The van der Waals surface area contributed by atoms with E-state index in [0.717, 1.165) is 53.5 Å². The molecule has 0 aromatic rings. The molecule has 108 heavy (non-hydrogen) atoms. The summed E-state index contributed by atoms with van der Waals surface area (Å²) in [6.07, 6.45) is 49.8. The molecule has 0 saturated heterocycles. The first-order valence-electron chi connectivity index (χ1n) is 39.9. The van der Waals surface area contributed by atoms with Crippen molar-refractivity contribution in [1.29, 1.82) is 0 Å². The summed E-state index contributed by atoms with van der Waals surface area (Å²) < 4.78 is 32.8. The minimum absolute atomic E-state index is 0.0793. The van der Waals surface area contributed by atoms with E-state index in [0.29, 0.717) is 136 Å². The van der Waals surface area contributed by atoms with Crippen molar-refractivity contribution in [3.8, 4) is 0 Å². The summed E-state index contributed by atoms with van der Waals surface area (Å²) >= 11 is 0. The number of rotatable bonds is 52. The summed E-state index contributed by atoms with van der Waals surface area (Å²) in [6.45, 7) is 38.4.